The maximum Gasteiger partial charge on any atom is 0.330 e. The number of nitrogens with one attached hydrogen (secondary N) is 1. The molecule has 8 heteroatoms. The summed E-state index contributed by atoms with van der Waals surface area (Å²) in [5.74, 6) is -0.962. The molecule has 126 valence electrons. The van der Waals surface area contributed by atoms with Crippen molar-refractivity contribution in [2.45, 2.75) is 25.8 Å². The van der Waals surface area contributed by atoms with Crippen molar-refractivity contribution in [1.82, 2.24) is 5.32 Å². The quantitative estimate of drug-likeness (QED) is 0.814. The molecule has 0 unspecified atom stereocenters. The van der Waals surface area contributed by atoms with Crippen molar-refractivity contribution in [3.8, 4) is 0 Å². The fourth-order valence-electron chi connectivity index (χ4n) is 2.52. The Hall–Kier alpha value is -2.09. The molecule has 1 aliphatic rings. The summed E-state index contributed by atoms with van der Waals surface area (Å²) >= 11 is 0. The summed E-state index contributed by atoms with van der Waals surface area (Å²) in [6.45, 7) is 3.47. The summed E-state index contributed by atoms with van der Waals surface area (Å²) in [6, 6.07) is 4.82. The number of hydrogen-bond acceptors (Lipinski definition) is 5. The first kappa shape index (κ1) is 17.3. The molecule has 0 aliphatic carbocycles. The summed E-state index contributed by atoms with van der Waals surface area (Å²) in [6.07, 6.45) is 1.70. The molecule has 1 aliphatic heterocycles. The number of sulfonamides is 1. The highest BCUT2D eigenvalue weighted by molar-refractivity contribution is 7.92. The van der Waals surface area contributed by atoms with Gasteiger partial charge in [-0.1, -0.05) is 0 Å². The molecule has 1 aromatic rings. The van der Waals surface area contributed by atoms with E-state index in [0.29, 0.717) is 24.2 Å². The average Bonchev–Trinajstić information content (AvgIpc) is 2.88. The number of anilines is 1. The van der Waals surface area contributed by atoms with Crippen molar-refractivity contribution in [3.05, 3.63) is 29.3 Å². The van der Waals surface area contributed by atoms with E-state index in [1.165, 1.54) is 11.4 Å². The van der Waals surface area contributed by atoms with Gasteiger partial charge in [0.25, 0.3) is 5.91 Å². The fraction of sp³-hybridized carbons (Fsp3) is 0.467. The van der Waals surface area contributed by atoms with Gasteiger partial charge < -0.3 is 10.1 Å². The lowest BCUT2D eigenvalue weighted by Crippen LogP contribution is -2.50. The van der Waals surface area contributed by atoms with Crippen molar-refractivity contribution < 1.29 is 22.7 Å². The molecule has 1 aromatic carbocycles. The van der Waals surface area contributed by atoms with Gasteiger partial charge in [-0.15, -0.1) is 0 Å². The van der Waals surface area contributed by atoms with Crippen LogP contribution in [-0.4, -0.2) is 45.7 Å². The molecular formula is C15H20N2O5S. The molecule has 0 saturated carbocycles. The summed E-state index contributed by atoms with van der Waals surface area (Å²) < 4.78 is 29.4. The van der Waals surface area contributed by atoms with Crippen molar-refractivity contribution >= 4 is 27.6 Å². The van der Waals surface area contributed by atoms with Crippen LogP contribution in [0.5, 0.6) is 0 Å². The molecule has 0 atom stereocenters. The van der Waals surface area contributed by atoms with Gasteiger partial charge in [-0.3, -0.25) is 9.10 Å². The predicted octanol–water partition coefficient (Wildman–Crippen LogP) is 0.690. The van der Waals surface area contributed by atoms with Gasteiger partial charge in [-0.05, 0) is 44.0 Å². The van der Waals surface area contributed by atoms with Crippen LogP contribution in [-0.2, 0) is 26.0 Å². The number of nitrogens with zero attached hydrogens (tertiary/aromatic N) is 1. The molecule has 1 amide bonds. The van der Waals surface area contributed by atoms with Crippen LogP contribution in [0.2, 0.25) is 0 Å². The van der Waals surface area contributed by atoms with E-state index >= 15 is 0 Å². The number of fused-ring (bicyclic) bond motifs is 1. The number of benzene rings is 1. The number of carbonyl (C=O) groups is 2. The van der Waals surface area contributed by atoms with Gasteiger partial charge in [0.1, 0.15) is 5.54 Å². The Balaban J connectivity index is 2.24. The Morgan fingerprint density at radius 1 is 1.30 bits per heavy atom. The smallest absolute Gasteiger partial charge is 0.330 e. The van der Waals surface area contributed by atoms with Crippen LogP contribution in [0.25, 0.3) is 0 Å². The summed E-state index contributed by atoms with van der Waals surface area (Å²) in [4.78, 5) is 23.9. The third kappa shape index (κ3) is 3.47. The van der Waals surface area contributed by atoms with Crippen LogP contribution in [0.3, 0.4) is 0 Å². The van der Waals surface area contributed by atoms with E-state index in [9.17, 15) is 18.0 Å². The van der Waals surface area contributed by atoms with Crippen LogP contribution >= 0.6 is 0 Å². The molecule has 0 bridgehead atoms. The highest BCUT2D eigenvalue weighted by Gasteiger charge is 2.32. The lowest BCUT2D eigenvalue weighted by Gasteiger charge is -2.23. The second-order valence-corrected chi connectivity index (χ2v) is 7.91. The Bertz CT molecular complexity index is 755. The number of ether oxygens (including phenoxy) is 1. The van der Waals surface area contributed by atoms with Gasteiger partial charge in [0.2, 0.25) is 10.0 Å². The Morgan fingerprint density at radius 2 is 1.96 bits per heavy atom. The van der Waals surface area contributed by atoms with Gasteiger partial charge in [0.15, 0.2) is 0 Å². The first-order valence-corrected chi connectivity index (χ1v) is 8.92. The van der Waals surface area contributed by atoms with Gasteiger partial charge in [-0.25, -0.2) is 13.2 Å². The highest BCUT2D eigenvalue weighted by Crippen LogP contribution is 2.30. The molecule has 0 spiro atoms. The van der Waals surface area contributed by atoms with E-state index in [2.05, 4.69) is 10.1 Å². The maximum atomic E-state index is 12.3. The molecular weight excluding hydrogens is 320 g/mol. The van der Waals surface area contributed by atoms with E-state index in [4.69, 9.17) is 0 Å². The summed E-state index contributed by atoms with van der Waals surface area (Å²) in [5.41, 5.74) is 0.607. The second kappa shape index (κ2) is 5.84. The predicted molar refractivity (Wildman–Crippen MR) is 85.9 cm³/mol. The van der Waals surface area contributed by atoms with Crippen LogP contribution in [0.15, 0.2) is 18.2 Å². The lowest BCUT2D eigenvalue weighted by atomic mass is 10.0. The van der Waals surface area contributed by atoms with E-state index in [0.717, 1.165) is 11.8 Å². The Kier molecular flexibility index (Phi) is 4.39. The number of amides is 1. The van der Waals surface area contributed by atoms with E-state index in [1.54, 1.807) is 32.0 Å². The normalized spacial score (nSPS) is 14.3. The maximum absolute atomic E-state index is 12.3. The first-order chi connectivity index (χ1) is 10.6. The van der Waals surface area contributed by atoms with Gasteiger partial charge in [0.05, 0.1) is 19.1 Å². The van der Waals surface area contributed by atoms with Gasteiger partial charge in [-0.2, -0.15) is 0 Å². The molecule has 7 nitrogen and oxygen atoms in total. The lowest BCUT2D eigenvalue weighted by molar-refractivity contribution is -0.146. The Labute approximate surface area is 135 Å². The topological polar surface area (TPSA) is 92.8 Å². The van der Waals surface area contributed by atoms with Crippen LogP contribution in [0.4, 0.5) is 5.69 Å². The molecule has 23 heavy (non-hydrogen) atoms. The average molecular weight is 340 g/mol. The minimum absolute atomic E-state index is 0.368. The molecule has 0 aromatic heterocycles. The van der Waals surface area contributed by atoms with Crippen LogP contribution in [0.1, 0.15) is 29.8 Å². The molecule has 0 saturated heterocycles. The van der Waals surface area contributed by atoms with Gasteiger partial charge >= 0.3 is 5.97 Å². The van der Waals surface area contributed by atoms with E-state index in [1.807, 2.05) is 0 Å². The summed E-state index contributed by atoms with van der Waals surface area (Å²) in [7, 11) is -2.07. The van der Waals surface area contributed by atoms with Crippen molar-refractivity contribution in [2.75, 3.05) is 24.2 Å². The number of methoxy groups -OCH3 is 1. The molecule has 0 fully saturated rings. The number of esters is 1. The third-order valence-corrected chi connectivity index (χ3v) is 4.90. The molecule has 1 heterocycles. The number of hydrogen-bond donors (Lipinski definition) is 1. The zero-order valence-electron chi connectivity index (χ0n) is 13.5. The Morgan fingerprint density at radius 3 is 2.52 bits per heavy atom. The van der Waals surface area contributed by atoms with Crippen LogP contribution < -0.4 is 9.62 Å². The number of rotatable bonds is 4. The van der Waals surface area contributed by atoms with Crippen molar-refractivity contribution in [1.29, 1.82) is 0 Å². The van der Waals surface area contributed by atoms with Crippen molar-refractivity contribution in [3.63, 3.8) is 0 Å². The SMILES string of the molecule is COC(=O)C(C)(C)NC(=O)c1ccc2c(c1)CCN2S(C)(=O)=O. The minimum Gasteiger partial charge on any atom is -0.467 e. The molecule has 2 rings (SSSR count). The highest BCUT2D eigenvalue weighted by atomic mass is 32.2. The fourth-order valence-corrected chi connectivity index (χ4v) is 3.48. The van der Waals surface area contributed by atoms with Gasteiger partial charge in [0, 0.05) is 12.1 Å². The largest absolute Gasteiger partial charge is 0.467 e. The zero-order valence-corrected chi connectivity index (χ0v) is 14.4. The van der Waals surface area contributed by atoms with Crippen LogP contribution in [0, 0.1) is 0 Å². The number of carbonyl (C=O) groups excluding carboxylic acids is 2. The standard InChI is InChI=1S/C15H20N2O5S/c1-15(2,14(19)22-3)16-13(18)11-5-6-12-10(9-11)7-8-17(12)23(4,20)21/h5-6,9H,7-8H2,1-4H3,(H,16,18). The van der Waals surface area contributed by atoms with E-state index < -0.39 is 27.4 Å². The molecule has 1 N–H and O–H groups in total. The zero-order chi connectivity index (χ0) is 17.4. The molecule has 0 radical (unpaired) electrons. The minimum atomic E-state index is -3.32. The second-order valence-electron chi connectivity index (χ2n) is 6.00. The van der Waals surface area contributed by atoms with E-state index in [-0.39, 0.29) is 0 Å². The summed E-state index contributed by atoms with van der Waals surface area (Å²) in [5, 5.41) is 2.61. The first-order valence-electron chi connectivity index (χ1n) is 7.08. The van der Waals surface area contributed by atoms with Crippen molar-refractivity contribution in [2.24, 2.45) is 0 Å². The monoisotopic (exact) mass is 340 g/mol. The third-order valence-electron chi connectivity index (χ3n) is 3.72.